The normalized spacial score (nSPS) is 13.1. The number of hydrogen-bond donors (Lipinski definition) is 3. The Morgan fingerprint density at radius 3 is 2.28 bits per heavy atom. The number of nitrogens with one attached hydrogen (secondary N) is 2. The molecule has 25 heavy (non-hydrogen) atoms. The lowest BCUT2D eigenvalue weighted by Crippen LogP contribution is -2.46. The molecule has 2 amide bonds. The topological polar surface area (TPSA) is 95.5 Å². The van der Waals surface area contributed by atoms with Crippen LogP contribution in [0, 0.1) is 11.8 Å². The molecule has 138 valence electrons. The molecule has 0 unspecified atom stereocenters. The summed E-state index contributed by atoms with van der Waals surface area (Å²) in [5.41, 5.74) is 1.08. The molecular weight excluding hydrogens is 320 g/mol. The third kappa shape index (κ3) is 7.83. The Morgan fingerprint density at radius 2 is 1.76 bits per heavy atom. The van der Waals surface area contributed by atoms with E-state index in [9.17, 15) is 19.5 Å². The Labute approximate surface area is 149 Å². The van der Waals surface area contributed by atoms with E-state index in [1.165, 1.54) is 7.05 Å². The van der Waals surface area contributed by atoms with Crippen molar-refractivity contribution in [2.24, 2.45) is 11.8 Å². The molecule has 1 rings (SSSR count). The molecule has 2 atom stereocenters. The zero-order valence-corrected chi connectivity index (χ0v) is 15.1. The van der Waals surface area contributed by atoms with Crippen molar-refractivity contribution in [3.63, 3.8) is 0 Å². The van der Waals surface area contributed by atoms with Gasteiger partial charge in [0.1, 0.15) is 6.04 Å². The van der Waals surface area contributed by atoms with Crippen LogP contribution in [0.2, 0.25) is 0 Å². The number of benzene rings is 1. The molecule has 0 saturated heterocycles. The van der Waals surface area contributed by atoms with Crippen molar-refractivity contribution in [1.82, 2.24) is 10.6 Å². The molecule has 1 aromatic rings. The van der Waals surface area contributed by atoms with Gasteiger partial charge in [0, 0.05) is 13.5 Å². The second kappa shape index (κ2) is 10.5. The molecule has 0 saturated carbocycles. The molecule has 0 aromatic heterocycles. The van der Waals surface area contributed by atoms with Gasteiger partial charge in [-0.1, -0.05) is 44.2 Å². The Kier molecular flexibility index (Phi) is 8.67. The van der Waals surface area contributed by atoms with Gasteiger partial charge in [-0.25, -0.2) is 0 Å². The van der Waals surface area contributed by atoms with E-state index in [2.05, 4.69) is 10.6 Å². The van der Waals surface area contributed by atoms with Crippen LogP contribution in [0.4, 0.5) is 0 Å². The first-order valence-corrected chi connectivity index (χ1v) is 8.61. The minimum absolute atomic E-state index is 0.119. The number of likely N-dealkylation sites (N-methyl/N-ethyl adjacent to an activating group) is 1. The van der Waals surface area contributed by atoms with E-state index in [1.54, 1.807) is 0 Å². The predicted octanol–water partition coefficient (Wildman–Crippen LogP) is 1.99. The fourth-order valence-corrected chi connectivity index (χ4v) is 2.72. The van der Waals surface area contributed by atoms with E-state index in [-0.39, 0.29) is 18.2 Å². The first-order valence-electron chi connectivity index (χ1n) is 8.61. The van der Waals surface area contributed by atoms with Crippen molar-refractivity contribution in [2.45, 2.75) is 45.6 Å². The number of carbonyl (C=O) groups excluding carboxylic acids is 2. The summed E-state index contributed by atoms with van der Waals surface area (Å²) in [4.78, 5) is 35.5. The largest absolute Gasteiger partial charge is 0.481 e. The van der Waals surface area contributed by atoms with Crippen LogP contribution in [0.3, 0.4) is 0 Å². The number of hydrogen-bond acceptors (Lipinski definition) is 3. The van der Waals surface area contributed by atoms with E-state index in [4.69, 9.17) is 0 Å². The molecule has 0 aliphatic rings. The van der Waals surface area contributed by atoms with Crippen LogP contribution >= 0.6 is 0 Å². The molecular formula is C19H28N2O4. The monoisotopic (exact) mass is 348 g/mol. The maximum absolute atomic E-state index is 12.2. The molecule has 0 radical (unpaired) electrons. The van der Waals surface area contributed by atoms with Gasteiger partial charge in [0.2, 0.25) is 11.8 Å². The Balaban J connectivity index is 2.65. The van der Waals surface area contributed by atoms with Crippen LogP contribution in [-0.2, 0) is 20.8 Å². The van der Waals surface area contributed by atoms with Gasteiger partial charge >= 0.3 is 5.97 Å². The van der Waals surface area contributed by atoms with Gasteiger partial charge in [-0.05, 0) is 30.7 Å². The summed E-state index contributed by atoms with van der Waals surface area (Å²) in [6.07, 6.45) is 1.41. The SMILES string of the molecule is CNC(=O)[C@H](CCc1ccccc1)NC(=O)C[C@H](CC(C)C)C(=O)O. The molecule has 0 spiro atoms. The molecule has 6 heteroatoms. The van der Waals surface area contributed by atoms with Crippen molar-refractivity contribution in [3.8, 4) is 0 Å². The highest BCUT2D eigenvalue weighted by atomic mass is 16.4. The molecule has 6 nitrogen and oxygen atoms in total. The quantitative estimate of drug-likeness (QED) is 0.602. The standard InChI is InChI=1S/C19H28N2O4/c1-13(2)11-15(19(24)25)12-17(22)21-16(18(23)20-3)10-9-14-7-5-4-6-8-14/h4-8,13,15-16H,9-12H2,1-3H3,(H,20,23)(H,21,22)(H,24,25)/t15-,16-/m0/s1. The Bertz CT molecular complexity index is 572. The molecule has 0 heterocycles. The average Bonchev–Trinajstić information content (AvgIpc) is 2.57. The van der Waals surface area contributed by atoms with Crippen LogP contribution in [0.5, 0.6) is 0 Å². The lowest BCUT2D eigenvalue weighted by Gasteiger charge is -2.19. The molecule has 0 fully saturated rings. The number of carbonyl (C=O) groups is 3. The molecule has 1 aromatic carbocycles. The van der Waals surface area contributed by atoms with E-state index in [1.807, 2.05) is 44.2 Å². The number of rotatable bonds is 10. The summed E-state index contributed by atoms with van der Waals surface area (Å²) in [5.74, 6) is -2.22. The lowest BCUT2D eigenvalue weighted by molar-refractivity contribution is -0.144. The van der Waals surface area contributed by atoms with Crippen molar-refractivity contribution in [2.75, 3.05) is 7.05 Å². The highest BCUT2D eigenvalue weighted by Crippen LogP contribution is 2.16. The summed E-state index contributed by atoms with van der Waals surface area (Å²) in [7, 11) is 1.52. The molecule has 0 aliphatic heterocycles. The summed E-state index contributed by atoms with van der Waals surface area (Å²) in [6, 6.07) is 9.02. The second-order valence-electron chi connectivity index (χ2n) is 6.63. The third-order valence-electron chi connectivity index (χ3n) is 4.00. The number of carboxylic acids is 1. The summed E-state index contributed by atoms with van der Waals surface area (Å²) in [6.45, 7) is 3.84. The smallest absolute Gasteiger partial charge is 0.307 e. The number of carboxylic acid groups (broad SMARTS) is 1. The van der Waals surface area contributed by atoms with Gasteiger partial charge in [-0.3, -0.25) is 14.4 Å². The molecule has 0 bridgehead atoms. The van der Waals surface area contributed by atoms with Crippen LogP contribution in [0.1, 0.15) is 38.7 Å². The van der Waals surface area contributed by atoms with Gasteiger partial charge in [0.25, 0.3) is 0 Å². The van der Waals surface area contributed by atoms with E-state index in [0.717, 1.165) is 5.56 Å². The second-order valence-corrected chi connectivity index (χ2v) is 6.63. The van der Waals surface area contributed by atoms with Crippen molar-refractivity contribution in [3.05, 3.63) is 35.9 Å². The first kappa shape index (κ1) is 20.7. The minimum atomic E-state index is -0.982. The number of aryl methyl sites for hydroxylation is 1. The van der Waals surface area contributed by atoms with Crippen molar-refractivity contribution in [1.29, 1.82) is 0 Å². The highest BCUT2D eigenvalue weighted by molar-refractivity contribution is 5.89. The average molecular weight is 348 g/mol. The van der Waals surface area contributed by atoms with E-state index >= 15 is 0 Å². The fraction of sp³-hybridized carbons (Fsp3) is 0.526. The molecule has 3 N–H and O–H groups in total. The van der Waals surface area contributed by atoms with E-state index in [0.29, 0.717) is 19.3 Å². The Morgan fingerprint density at radius 1 is 1.12 bits per heavy atom. The third-order valence-corrected chi connectivity index (χ3v) is 4.00. The van der Waals surface area contributed by atoms with Crippen LogP contribution < -0.4 is 10.6 Å². The number of aliphatic carboxylic acids is 1. The minimum Gasteiger partial charge on any atom is -0.481 e. The van der Waals surface area contributed by atoms with Gasteiger partial charge in [-0.15, -0.1) is 0 Å². The summed E-state index contributed by atoms with van der Waals surface area (Å²) >= 11 is 0. The summed E-state index contributed by atoms with van der Waals surface area (Å²) in [5, 5.41) is 14.5. The van der Waals surface area contributed by atoms with Gasteiger partial charge in [-0.2, -0.15) is 0 Å². The zero-order chi connectivity index (χ0) is 18.8. The first-order chi connectivity index (χ1) is 11.8. The van der Waals surface area contributed by atoms with Gasteiger partial charge < -0.3 is 15.7 Å². The predicted molar refractivity (Wildman–Crippen MR) is 96.0 cm³/mol. The van der Waals surface area contributed by atoms with E-state index < -0.39 is 23.8 Å². The Hall–Kier alpha value is -2.37. The molecule has 0 aliphatic carbocycles. The van der Waals surface area contributed by atoms with Crippen LogP contribution in [-0.4, -0.2) is 36.0 Å². The van der Waals surface area contributed by atoms with Gasteiger partial charge in [0.05, 0.1) is 5.92 Å². The lowest BCUT2D eigenvalue weighted by atomic mass is 9.93. The number of amides is 2. The van der Waals surface area contributed by atoms with Crippen LogP contribution in [0.15, 0.2) is 30.3 Å². The zero-order valence-electron chi connectivity index (χ0n) is 15.1. The maximum Gasteiger partial charge on any atom is 0.307 e. The van der Waals surface area contributed by atoms with Gasteiger partial charge in [0.15, 0.2) is 0 Å². The van der Waals surface area contributed by atoms with Crippen molar-refractivity contribution >= 4 is 17.8 Å². The highest BCUT2D eigenvalue weighted by Gasteiger charge is 2.25. The fourth-order valence-electron chi connectivity index (χ4n) is 2.72. The van der Waals surface area contributed by atoms with Crippen molar-refractivity contribution < 1.29 is 19.5 Å². The summed E-state index contributed by atoms with van der Waals surface area (Å²) < 4.78 is 0. The maximum atomic E-state index is 12.2. The van der Waals surface area contributed by atoms with Crippen LogP contribution in [0.25, 0.3) is 0 Å².